The van der Waals surface area contributed by atoms with E-state index in [0.29, 0.717) is 13.0 Å². The first-order valence-electron chi connectivity index (χ1n) is 8.07. The second kappa shape index (κ2) is 6.63. The van der Waals surface area contributed by atoms with Crippen LogP contribution in [0.15, 0.2) is 11.6 Å². The monoisotopic (exact) mass is 293 g/mol. The maximum Gasteiger partial charge on any atom is 0.329 e. The molecule has 2 aliphatic rings. The molecule has 0 unspecified atom stereocenters. The van der Waals surface area contributed by atoms with Gasteiger partial charge in [-0.1, -0.05) is 11.6 Å². The summed E-state index contributed by atoms with van der Waals surface area (Å²) in [4.78, 5) is 26.4. The van der Waals surface area contributed by atoms with Crippen LogP contribution in [0.4, 0.5) is 0 Å². The lowest BCUT2D eigenvalue weighted by Gasteiger charge is -2.28. The minimum Gasteiger partial charge on any atom is -0.458 e. The largest absolute Gasteiger partial charge is 0.458 e. The van der Waals surface area contributed by atoms with Gasteiger partial charge in [-0.15, -0.1) is 0 Å². The molecule has 0 bridgehead atoms. The highest BCUT2D eigenvalue weighted by molar-refractivity contribution is 5.86. The number of hydrogen-bond donors (Lipinski definition) is 0. The lowest BCUT2D eigenvalue weighted by Crippen LogP contribution is -2.43. The highest BCUT2D eigenvalue weighted by Gasteiger charge is 2.36. The van der Waals surface area contributed by atoms with Gasteiger partial charge in [0.15, 0.2) is 0 Å². The maximum absolute atomic E-state index is 12.5. The van der Waals surface area contributed by atoms with Crippen LogP contribution in [-0.4, -0.2) is 35.0 Å². The lowest BCUT2D eigenvalue weighted by atomic mass is 9.97. The second-order valence-electron chi connectivity index (χ2n) is 7.06. The Bertz CT molecular complexity index is 434. The molecule has 0 radical (unpaired) electrons. The molecule has 0 aromatic rings. The molecule has 0 aromatic heterocycles. The number of carbonyl (C=O) groups is 2. The number of likely N-dealkylation sites (tertiary alicyclic amines) is 1. The Kier molecular flexibility index (Phi) is 5.07. The van der Waals surface area contributed by atoms with Crippen molar-refractivity contribution in [2.75, 3.05) is 6.54 Å². The van der Waals surface area contributed by atoms with E-state index in [1.807, 2.05) is 20.8 Å². The van der Waals surface area contributed by atoms with Gasteiger partial charge in [-0.25, -0.2) is 4.79 Å². The minimum atomic E-state index is -0.500. The quantitative estimate of drug-likeness (QED) is 0.593. The van der Waals surface area contributed by atoms with Crippen LogP contribution in [-0.2, 0) is 14.3 Å². The molecule has 4 heteroatoms. The van der Waals surface area contributed by atoms with Gasteiger partial charge < -0.3 is 9.64 Å². The van der Waals surface area contributed by atoms with Crippen molar-refractivity contribution in [1.29, 1.82) is 0 Å². The van der Waals surface area contributed by atoms with Crippen LogP contribution in [0.25, 0.3) is 0 Å². The van der Waals surface area contributed by atoms with E-state index in [0.717, 1.165) is 25.7 Å². The zero-order valence-corrected chi connectivity index (χ0v) is 13.5. The van der Waals surface area contributed by atoms with E-state index < -0.39 is 5.60 Å². The Morgan fingerprint density at radius 3 is 2.67 bits per heavy atom. The van der Waals surface area contributed by atoms with Crippen LogP contribution in [0.1, 0.15) is 65.7 Å². The predicted molar refractivity (Wildman–Crippen MR) is 81.7 cm³/mol. The molecule has 0 spiro atoms. The summed E-state index contributed by atoms with van der Waals surface area (Å²) in [7, 11) is 0. The summed E-state index contributed by atoms with van der Waals surface area (Å²) in [5.74, 6) is -0.178. The van der Waals surface area contributed by atoms with Crippen LogP contribution in [0, 0.1) is 0 Å². The topological polar surface area (TPSA) is 46.6 Å². The Hall–Kier alpha value is -1.32. The van der Waals surface area contributed by atoms with Gasteiger partial charge in [0.1, 0.15) is 11.6 Å². The molecule has 2 rings (SSSR count). The van der Waals surface area contributed by atoms with Crippen molar-refractivity contribution in [3.05, 3.63) is 11.6 Å². The SMILES string of the molecule is CC(C)(C)OC(=O)[C@H]1CCCN1C(=O)CC1=CCCCC1. The molecule has 1 saturated heterocycles. The molecule has 4 nitrogen and oxygen atoms in total. The van der Waals surface area contributed by atoms with Gasteiger partial charge in [-0.2, -0.15) is 0 Å². The van der Waals surface area contributed by atoms with Crippen molar-refractivity contribution >= 4 is 11.9 Å². The van der Waals surface area contributed by atoms with Gasteiger partial charge in [0.2, 0.25) is 5.91 Å². The van der Waals surface area contributed by atoms with Crippen molar-refractivity contribution in [2.24, 2.45) is 0 Å². The van der Waals surface area contributed by atoms with Crippen LogP contribution in [0.3, 0.4) is 0 Å². The Morgan fingerprint density at radius 1 is 1.29 bits per heavy atom. The lowest BCUT2D eigenvalue weighted by molar-refractivity contribution is -0.163. The summed E-state index contributed by atoms with van der Waals surface area (Å²) in [6, 6.07) is -0.388. The summed E-state index contributed by atoms with van der Waals surface area (Å²) in [6.07, 6.45) is 8.78. The van der Waals surface area contributed by atoms with Crippen LogP contribution < -0.4 is 0 Å². The Morgan fingerprint density at radius 2 is 2.05 bits per heavy atom. The van der Waals surface area contributed by atoms with Crippen molar-refractivity contribution in [3.8, 4) is 0 Å². The Balaban J connectivity index is 1.96. The highest BCUT2D eigenvalue weighted by atomic mass is 16.6. The normalized spacial score (nSPS) is 22.9. The van der Waals surface area contributed by atoms with Crippen LogP contribution in [0.5, 0.6) is 0 Å². The molecule has 118 valence electrons. The average molecular weight is 293 g/mol. The number of carbonyl (C=O) groups excluding carboxylic acids is 2. The van der Waals surface area contributed by atoms with E-state index in [1.54, 1.807) is 4.90 Å². The number of hydrogen-bond acceptors (Lipinski definition) is 3. The summed E-state index contributed by atoms with van der Waals surface area (Å²) >= 11 is 0. The van der Waals surface area contributed by atoms with Crippen molar-refractivity contribution in [1.82, 2.24) is 4.90 Å². The molecule has 1 aliphatic heterocycles. The Labute approximate surface area is 127 Å². The molecule has 0 saturated carbocycles. The van der Waals surface area contributed by atoms with E-state index in [-0.39, 0.29) is 17.9 Å². The highest BCUT2D eigenvalue weighted by Crippen LogP contribution is 2.25. The van der Waals surface area contributed by atoms with Crippen molar-refractivity contribution < 1.29 is 14.3 Å². The predicted octanol–water partition coefficient (Wildman–Crippen LogP) is 3.21. The molecular weight excluding hydrogens is 266 g/mol. The molecule has 1 amide bonds. The van der Waals surface area contributed by atoms with E-state index in [2.05, 4.69) is 6.08 Å². The van der Waals surface area contributed by atoms with Crippen molar-refractivity contribution in [3.63, 3.8) is 0 Å². The fourth-order valence-corrected chi connectivity index (χ4v) is 3.04. The first-order chi connectivity index (χ1) is 9.87. The van der Waals surface area contributed by atoms with Crippen LogP contribution in [0.2, 0.25) is 0 Å². The van der Waals surface area contributed by atoms with Crippen molar-refractivity contribution in [2.45, 2.75) is 77.4 Å². The van der Waals surface area contributed by atoms with Crippen LogP contribution >= 0.6 is 0 Å². The number of esters is 1. The van der Waals surface area contributed by atoms with E-state index >= 15 is 0 Å². The average Bonchev–Trinajstić information content (AvgIpc) is 2.87. The van der Waals surface area contributed by atoms with E-state index in [4.69, 9.17) is 4.74 Å². The van der Waals surface area contributed by atoms with Gasteiger partial charge in [0.25, 0.3) is 0 Å². The summed E-state index contributed by atoms with van der Waals surface area (Å²) in [5, 5.41) is 0. The van der Waals surface area contributed by atoms with Gasteiger partial charge in [-0.05, 0) is 59.3 Å². The second-order valence-corrected chi connectivity index (χ2v) is 7.06. The maximum atomic E-state index is 12.5. The minimum absolute atomic E-state index is 0.0801. The first kappa shape index (κ1) is 16.1. The molecule has 1 atom stereocenters. The third kappa shape index (κ3) is 4.58. The molecule has 1 fully saturated rings. The molecule has 1 heterocycles. The zero-order valence-electron chi connectivity index (χ0n) is 13.5. The molecule has 0 aromatic carbocycles. The number of rotatable bonds is 3. The third-order valence-electron chi connectivity index (χ3n) is 4.02. The molecule has 0 N–H and O–H groups in total. The summed E-state index contributed by atoms with van der Waals surface area (Å²) in [5.41, 5.74) is 0.737. The number of amides is 1. The standard InChI is InChI=1S/C17H27NO3/c1-17(2,3)21-16(20)14-10-7-11-18(14)15(19)12-13-8-5-4-6-9-13/h8,14H,4-7,9-12H2,1-3H3/t14-/m1/s1. The van der Waals surface area contributed by atoms with Gasteiger partial charge in [0.05, 0.1) is 0 Å². The fourth-order valence-electron chi connectivity index (χ4n) is 3.04. The number of ether oxygens (including phenoxy) is 1. The van der Waals surface area contributed by atoms with E-state index in [1.165, 1.54) is 18.4 Å². The third-order valence-corrected chi connectivity index (χ3v) is 4.02. The summed E-state index contributed by atoms with van der Waals surface area (Å²) < 4.78 is 5.44. The molecule has 21 heavy (non-hydrogen) atoms. The molecular formula is C17H27NO3. The fraction of sp³-hybridized carbons (Fsp3) is 0.765. The van der Waals surface area contributed by atoms with Gasteiger partial charge in [0, 0.05) is 13.0 Å². The molecule has 1 aliphatic carbocycles. The number of nitrogens with zero attached hydrogens (tertiary/aromatic N) is 1. The first-order valence-corrected chi connectivity index (χ1v) is 8.07. The smallest absolute Gasteiger partial charge is 0.329 e. The summed E-state index contributed by atoms with van der Waals surface area (Å²) in [6.45, 7) is 6.26. The number of allylic oxidation sites excluding steroid dienone is 1. The van der Waals surface area contributed by atoms with E-state index in [9.17, 15) is 9.59 Å². The van der Waals surface area contributed by atoms with Gasteiger partial charge in [-0.3, -0.25) is 4.79 Å². The van der Waals surface area contributed by atoms with Gasteiger partial charge >= 0.3 is 5.97 Å². The zero-order chi connectivity index (χ0) is 15.5.